The first-order valence-corrected chi connectivity index (χ1v) is 6.93. The summed E-state index contributed by atoms with van der Waals surface area (Å²) in [6.45, 7) is -1.06. The maximum absolute atomic E-state index is 12.7. The van der Waals surface area contributed by atoms with Gasteiger partial charge in [0.25, 0.3) is 0 Å². The van der Waals surface area contributed by atoms with Crippen molar-refractivity contribution in [1.82, 2.24) is 19.8 Å². The van der Waals surface area contributed by atoms with E-state index in [4.69, 9.17) is 4.74 Å². The predicted octanol–water partition coefficient (Wildman–Crippen LogP) is 1.01. The number of ether oxygens (including phenoxy) is 1. The monoisotopic (exact) mass is 302 g/mol. The van der Waals surface area contributed by atoms with Crippen LogP contribution >= 0.6 is 0 Å². The SMILES string of the molecule is CN(CC(=O)NCC1CCCO1)Cc1nccn1C(F)F. The molecular formula is C13H20F2N4O2. The predicted molar refractivity (Wildman–Crippen MR) is 71.8 cm³/mol. The Labute approximate surface area is 122 Å². The van der Waals surface area contributed by atoms with Crippen molar-refractivity contribution in [2.75, 3.05) is 26.7 Å². The fraction of sp³-hybridized carbons (Fsp3) is 0.692. The number of aromatic nitrogens is 2. The Morgan fingerprint density at radius 3 is 3.14 bits per heavy atom. The topological polar surface area (TPSA) is 59.4 Å². The van der Waals surface area contributed by atoms with Crippen LogP contribution in [-0.2, 0) is 16.1 Å². The summed E-state index contributed by atoms with van der Waals surface area (Å²) in [5.41, 5.74) is 0. The summed E-state index contributed by atoms with van der Waals surface area (Å²) in [7, 11) is 1.69. The fourth-order valence-electron chi connectivity index (χ4n) is 2.28. The van der Waals surface area contributed by atoms with Crippen molar-refractivity contribution in [3.05, 3.63) is 18.2 Å². The van der Waals surface area contributed by atoms with Crippen LogP contribution in [0.1, 0.15) is 25.2 Å². The normalized spacial score (nSPS) is 18.6. The smallest absolute Gasteiger partial charge is 0.319 e. The highest BCUT2D eigenvalue weighted by Crippen LogP contribution is 2.13. The van der Waals surface area contributed by atoms with Crippen molar-refractivity contribution in [3.8, 4) is 0 Å². The minimum absolute atomic E-state index is 0.0944. The van der Waals surface area contributed by atoms with Crippen molar-refractivity contribution in [2.45, 2.75) is 32.0 Å². The number of carbonyl (C=O) groups is 1. The fourth-order valence-corrected chi connectivity index (χ4v) is 2.28. The molecule has 1 aliphatic rings. The third-order valence-corrected chi connectivity index (χ3v) is 3.33. The third kappa shape index (κ3) is 4.75. The first-order valence-electron chi connectivity index (χ1n) is 6.93. The average molecular weight is 302 g/mol. The lowest BCUT2D eigenvalue weighted by molar-refractivity contribution is -0.122. The summed E-state index contributed by atoms with van der Waals surface area (Å²) < 4.78 is 31.6. The number of likely N-dealkylation sites (N-methyl/N-ethyl adjacent to an activating group) is 1. The summed E-state index contributed by atoms with van der Waals surface area (Å²) in [5.74, 6) is 0.0857. The number of carbonyl (C=O) groups excluding carboxylic acids is 1. The lowest BCUT2D eigenvalue weighted by atomic mass is 10.2. The highest BCUT2D eigenvalue weighted by molar-refractivity contribution is 5.77. The Balaban J connectivity index is 1.74. The molecule has 1 N–H and O–H groups in total. The molecule has 0 aromatic carbocycles. The van der Waals surface area contributed by atoms with Crippen molar-refractivity contribution in [3.63, 3.8) is 0 Å². The first-order chi connectivity index (χ1) is 10.1. The number of imidazole rings is 1. The molecule has 1 aliphatic heterocycles. The van der Waals surface area contributed by atoms with E-state index in [1.807, 2.05) is 0 Å². The van der Waals surface area contributed by atoms with Crippen LogP contribution in [0.3, 0.4) is 0 Å². The molecule has 1 amide bonds. The van der Waals surface area contributed by atoms with E-state index in [0.29, 0.717) is 6.54 Å². The van der Waals surface area contributed by atoms with Gasteiger partial charge in [-0.05, 0) is 19.9 Å². The Morgan fingerprint density at radius 1 is 1.67 bits per heavy atom. The molecule has 2 heterocycles. The largest absolute Gasteiger partial charge is 0.376 e. The zero-order chi connectivity index (χ0) is 15.2. The lowest BCUT2D eigenvalue weighted by Gasteiger charge is -2.17. The van der Waals surface area contributed by atoms with Gasteiger partial charge >= 0.3 is 6.55 Å². The molecule has 8 heteroatoms. The summed E-state index contributed by atoms with van der Waals surface area (Å²) >= 11 is 0. The van der Waals surface area contributed by atoms with Crippen molar-refractivity contribution in [2.24, 2.45) is 0 Å². The molecule has 21 heavy (non-hydrogen) atoms. The number of amides is 1. The molecule has 1 unspecified atom stereocenters. The third-order valence-electron chi connectivity index (χ3n) is 3.33. The molecular weight excluding hydrogens is 282 g/mol. The van der Waals surface area contributed by atoms with E-state index in [0.717, 1.165) is 24.0 Å². The second-order valence-electron chi connectivity index (χ2n) is 5.14. The van der Waals surface area contributed by atoms with Gasteiger partial charge in [-0.25, -0.2) is 4.98 Å². The molecule has 2 rings (SSSR count). The standard InChI is InChI=1S/C13H20F2N4O2/c1-18(8-11-16-4-5-19(11)13(14)15)9-12(20)17-7-10-3-2-6-21-10/h4-5,10,13H,2-3,6-9H2,1H3,(H,17,20). The summed E-state index contributed by atoms with van der Waals surface area (Å²) in [5, 5.41) is 2.79. The van der Waals surface area contributed by atoms with Gasteiger partial charge in [-0.3, -0.25) is 14.3 Å². The summed E-state index contributed by atoms with van der Waals surface area (Å²) in [4.78, 5) is 17.3. The highest BCUT2D eigenvalue weighted by atomic mass is 19.3. The second-order valence-corrected chi connectivity index (χ2v) is 5.14. The molecule has 118 valence electrons. The van der Waals surface area contributed by atoms with E-state index in [-0.39, 0.29) is 30.9 Å². The van der Waals surface area contributed by atoms with Gasteiger partial charge in [-0.1, -0.05) is 0 Å². The average Bonchev–Trinajstić information content (AvgIpc) is 3.06. The van der Waals surface area contributed by atoms with Crippen LogP contribution in [0.5, 0.6) is 0 Å². The van der Waals surface area contributed by atoms with Crippen LogP contribution in [0.15, 0.2) is 12.4 Å². The molecule has 0 bridgehead atoms. The number of hydrogen-bond acceptors (Lipinski definition) is 4. The molecule has 1 saturated heterocycles. The number of nitrogens with zero attached hydrogens (tertiary/aromatic N) is 3. The van der Waals surface area contributed by atoms with Crippen LogP contribution in [-0.4, -0.2) is 53.2 Å². The lowest BCUT2D eigenvalue weighted by Crippen LogP contribution is -2.38. The van der Waals surface area contributed by atoms with Gasteiger partial charge in [-0.15, -0.1) is 0 Å². The maximum Gasteiger partial charge on any atom is 0.319 e. The van der Waals surface area contributed by atoms with E-state index in [1.165, 1.54) is 12.4 Å². The second kappa shape index (κ2) is 7.46. The molecule has 1 atom stereocenters. The molecule has 0 saturated carbocycles. The van der Waals surface area contributed by atoms with E-state index < -0.39 is 6.55 Å². The highest BCUT2D eigenvalue weighted by Gasteiger charge is 2.17. The number of hydrogen-bond donors (Lipinski definition) is 1. The van der Waals surface area contributed by atoms with Crippen molar-refractivity contribution in [1.29, 1.82) is 0 Å². The van der Waals surface area contributed by atoms with Gasteiger partial charge in [0, 0.05) is 25.5 Å². The van der Waals surface area contributed by atoms with E-state index in [1.54, 1.807) is 11.9 Å². The van der Waals surface area contributed by atoms with Crippen LogP contribution in [0.25, 0.3) is 0 Å². The molecule has 1 fully saturated rings. The van der Waals surface area contributed by atoms with Crippen LogP contribution in [0.2, 0.25) is 0 Å². The summed E-state index contributed by atoms with van der Waals surface area (Å²) in [6, 6.07) is 0. The molecule has 6 nitrogen and oxygen atoms in total. The molecule has 0 aliphatic carbocycles. The molecule has 1 aromatic heterocycles. The molecule has 1 aromatic rings. The maximum atomic E-state index is 12.7. The summed E-state index contributed by atoms with van der Waals surface area (Å²) in [6.07, 6.45) is 4.63. The zero-order valence-electron chi connectivity index (χ0n) is 12.0. The van der Waals surface area contributed by atoms with Gasteiger partial charge in [0.2, 0.25) is 5.91 Å². The van der Waals surface area contributed by atoms with Crippen LogP contribution in [0.4, 0.5) is 8.78 Å². The Hall–Kier alpha value is -1.54. The van der Waals surface area contributed by atoms with Gasteiger partial charge in [0.05, 0.1) is 19.2 Å². The quantitative estimate of drug-likeness (QED) is 0.816. The zero-order valence-corrected chi connectivity index (χ0v) is 12.0. The van der Waals surface area contributed by atoms with Gasteiger partial charge < -0.3 is 10.1 Å². The van der Waals surface area contributed by atoms with Crippen LogP contribution in [0, 0.1) is 0 Å². The Morgan fingerprint density at radius 2 is 2.48 bits per heavy atom. The molecule has 0 spiro atoms. The van der Waals surface area contributed by atoms with E-state index in [9.17, 15) is 13.6 Å². The number of nitrogens with one attached hydrogen (secondary N) is 1. The minimum Gasteiger partial charge on any atom is -0.376 e. The van der Waals surface area contributed by atoms with Crippen LogP contribution < -0.4 is 5.32 Å². The van der Waals surface area contributed by atoms with E-state index >= 15 is 0 Å². The number of alkyl halides is 2. The number of rotatable bonds is 7. The Bertz CT molecular complexity index is 461. The van der Waals surface area contributed by atoms with Gasteiger partial charge in [0.1, 0.15) is 5.82 Å². The molecule has 0 radical (unpaired) electrons. The van der Waals surface area contributed by atoms with Gasteiger partial charge in [0.15, 0.2) is 0 Å². The number of halogens is 2. The first kappa shape index (κ1) is 15.8. The van der Waals surface area contributed by atoms with Crippen molar-refractivity contribution < 1.29 is 18.3 Å². The van der Waals surface area contributed by atoms with Gasteiger partial charge in [-0.2, -0.15) is 8.78 Å². The van der Waals surface area contributed by atoms with Crippen molar-refractivity contribution >= 4 is 5.91 Å². The Kier molecular flexibility index (Phi) is 5.63. The van der Waals surface area contributed by atoms with E-state index in [2.05, 4.69) is 10.3 Å². The minimum atomic E-state index is -2.62.